The van der Waals surface area contributed by atoms with Gasteiger partial charge in [-0.25, -0.2) is 14.4 Å². The Morgan fingerprint density at radius 2 is 0.924 bits per heavy atom. The summed E-state index contributed by atoms with van der Waals surface area (Å²) in [7, 11) is 4.20. The van der Waals surface area contributed by atoms with Crippen molar-refractivity contribution in [2.24, 2.45) is 21.5 Å². The van der Waals surface area contributed by atoms with Gasteiger partial charge in [0.05, 0.1) is 61.0 Å². The lowest BCUT2D eigenvalue weighted by molar-refractivity contribution is 0.416. The van der Waals surface area contributed by atoms with Crippen molar-refractivity contribution >= 4 is 184 Å². The molecule has 27 heteroatoms. The fraction of sp³-hybridized carbons (Fsp3) is 0.380. The first-order chi connectivity index (χ1) is 58.2. The van der Waals surface area contributed by atoms with E-state index in [0.717, 1.165) is 173 Å². The van der Waals surface area contributed by atoms with Crippen LogP contribution in [0.4, 0.5) is 44.2 Å². The Bertz CT molecular complexity index is 5010. The molecule has 16 nitrogen and oxygen atoms in total. The zero-order valence-electron chi connectivity index (χ0n) is 68.4. The van der Waals surface area contributed by atoms with Gasteiger partial charge in [-0.05, 0) is 226 Å². The first-order valence-electron chi connectivity index (χ1n) is 41.5. The zero-order valence-corrected chi connectivity index (χ0v) is 76.5. The number of nitrogens with two attached hydrogens (primary N) is 2. The highest BCUT2D eigenvalue weighted by Gasteiger charge is 2.32. The average molecular weight is 1780 g/mol. The summed E-state index contributed by atoms with van der Waals surface area (Å²) in [5.74, 6) is 6.09. The molecule has 1 saturated carbocycles. The quantitative estimate of drug-likeness (QED) is 0.0170. The number of amidine groups is 2. The van der Waals surface area contributed by atoms with Crippen molar-refractivity contribution in [2.75, 3.05) is 152 Å². The molecular weight excluding hydrogens is 1670 g/mol. The van der Waals surface area contributed by atoms with Crippen LogP contribution < -0.4 is 51.9 Å². The molecule has 0 atom stereocenters. The predicted octanol–water partition coefficient (Wildman–Crippen LogP) is 20.5. The Balaban J connectivity index is 0.000000122. The maximum Gasteiger partial charge on any atom is 0.150 e. The van der Waals surface area contributed by atoms with E-state index in [9.17, 15) is 4.39 Å². The summed E-state index contributed by atoms with van der Waals surface area (Å²) in [6.45, 7) is 20.2. The maximum absolute atomic E-state index is 14.5. The van der Waals surface area contributed by atoms with Gasteiger partial charge in [0.25, 0.3) is 0 Å². The van der Waals surface area contributed by atoms with E-state index in [0.29, 0.717) is 53.7 Å². The van der Waals surface area contributed by atoms with Crippen LogP contribution in [-0.2, 0) is 19.3 Å². The Hall–Kier alpha value is -7.19. The number of fused-ring (bicyclic) bond motifs is 5. The second kappa shape index (κ2) is 44.2. The highest BCUT2D eigenvalue weighted by molar-refractivity contribution is 8.00. The van der Waals surface area contributed by atoms with Gasteiger partial charge in [0.1, 0.15) is 23.2 Å². The summed E-state index contributed by atoms with van der Waals surface area (Å²) in [6.07, 6.45) is 12.3. The van der Waals surface area contributed by atoms with E-state index < -0.39 is 0 Å². The molecule has 18 rings (SSSR count). The normalized spacial score (nSPS) is 16.9. The average Bonchev–Trinajstić information content (AvgIpc) is 1.51. The fourth-order valence-electron chi connectivity index (χ4n) is 16.1. The van der Waals surface area contributed by atoms with Gasteiger partial charge in [-0.15, -0.1) is 115 Å². The third kappa shape index (κ3) is 24.0. The standard InChI is InChI=1S/C19H23N3S2.C19H22N2S2.C18H21FN4S2.C18H22N4S2.C18H23N3S2/c1-14-13-24-19-12-15(11-16(20)18-5-4-10-23-18)6-7-17(19)22(14)9-8-21(2)3;20-16(18-6-3-10-22-18)12-14-7-8-17-19(13-14)23-11-9-21(17)15-4-1-2-5-15;19-13-10-17-15(11-14(13)22-18(20)16-2-1-8-24-16)23(7-9-25-17)12-3-5-21-6-4-12;19-18(17-2-1-10-23-17)21-13-3-4-16-15(12-13)22(9-11-24-16)14-5-7-20-8-6-14;1-2-20-7-8-21-9-11-23-18-13-14(5-6-16(18)21)12-15(19)17-4-3-10-22-17/h4-7,10,12,20H,1,8-9,11,13H2,2-3H3;3,6-8,10,13,15,20H,1-2,4-5,9,11-12H2;1-2,8,10-12,21H,3-7,9H2,(H2,20,22);1-4,10,12,14,20H,5-9,11H2,(H2,19,21);3-6,10,13,19-20H,2,7-9,11-12H2,1H3. The van der Waals surface area contributed by atoms with Crippen LogP contribution in [-0.4, -0.2) is 180 Å². The van der Waals surface area contributed by atoms with Crippen LogP contribution in [0.25, 0.3) is 0 Å². The van der Waals surface area contributed by atoms with Crippen LogP contribution in [0.15, 0.2) is 219 Å². The molecule has 2 saturated heterocycles. The molecule has 10 aromatic rings. The monoisotopic (exact) mass is 1780 g/mol. The summed E-state index contributed by atoms with van der Waals surface area (Å²) in [4.78, 5) is 35.3. The molecule has 0 radical (unpaired) electrons. The number of anilines is 5. The summed E-state index contributed by atoms with van der Waals surface area (Å²) in [6, 6.07) is 52.0. The van der Waals surface area contributed by atoms with Crippen LogP contribution in [0.2, 0.25) is 0 Å². The second-order valence-corrected chi connectivity index (χ2v) is 41.0. The van der Waals surface area contributed by atoms with E-state index >= 15 is 0 Å². The number of thioether (sulfide) groups is 5. The number of piperidine rings is 2. The summed E-state index contributed by atoms with van der Waals surface area (Å²) < 4.78 is 14.5. The summed E-state index contributed by atoms with van der Waals surface area (Å²) in [5.41, 5.74) is 27.0. The number of halogens is 1. The van der Waals surface area contributed by atoms with Crippen molar-refractivity contribution in [3.8, 4) is 0 Å². The highest BCUT2D eigenvalue weighted by atomic mass is 32.2. The van der Waals surface area contributed by atoms with Crippen molar-refractivity contribution in [3.05, 3.63) is 232 Å². The number of hydrogen-bond acceptors (Lipinski definition) is 24. The van der Waals surface area contributed by atoms with Crippen LogP contribution >= 0.6 is 115 Å². The minimum absolute atomic E-state index is 0.307. The van der Waals surface area contributed by atoms with E-state index in [-0.39, 0.29) is 5.82 Å². The maximum atomic E-state index is 14.5. The molecule has 119 heavy (non-hydrogen) atoms. The number of rotatable bonds is 23. The second-order valence-electron chi connectivity index (χ2n) is 30.7. The predicted molar refractivity (Wildman–Crippen MR) is 522 cm³/mol. The number of hydrogen-bond donors (Lipinski definition) is 8. The van der Waals surface area contributed by atoms with Crippen molar-refractivity contribution in [3.63, 3.8) is 0 Å². The Morgan fingerprint density at radius 3 is 1.43 bits per heavy atom. The Morgan fingerprint density at radius 1 is 0.487 bits per heavy atom. The number of nitrogens with zero attached hydrogens (tertiary/aromatic N) is 8. The minimum atomic E-state index is -0.307. The topological polar surface area (TPSA) is 204 Å². The summed E-state index contributed by atoms with van der Waals surface area (Å²) >= 11 is 17.5. The molecule has 3 fully saturated rings. The van der Waals surface area contributed by atoms with Crippen LogP contribution in [0.3, 0.4) is 0 Å². The van der Waals surface area contributed by atoms with E-state index in [2.05, 4.69) is 156 Å². The number of aliphatic imine (C=N–C) groups is 2. The fourth-order valence-corrected chi connectivity index (χ4v) is 24.6. The van der Waals surface area contributed by atoms with E-state index in [1.54, 1.807) is 63.2 Å². The lowest BCUT2D eigenvalue weighted by Gasteiger charge is -2.39. The molecule has 626 valence electrons. The molecule has 0 amide bonds. The Labute approximate surface area is 744 Å². The molecule has 8 aliphatic rings. The van der Waals surface area contributed by atoms with Crippen molar-refractivity contribution in [2.45, 2.75) is 120 Å². The van der Waals surface area contributed by atoms with Gasteiger partial charge < -0.3 is 73.0 Å². The smallest absolute Gasteiger partial charge is 0.150 e. The van der Waals surface area contributed by atoms with Gasteiger partial charge in [-0.3, -0.25) is 0 Å². The molecule has 10 N–H and O–H groups in total. The van der Waals surface area contributed by atoms with Gasteiger partial charge in [0, 0.05) is 163 Å². The molecule has 12 heterocycles. The molecule has 0 bridgehead atoms. The van der Waals surface area contributed by atoms with Crippen molar-refractivity contribution in [1.82, 2.24) is 20.9 Å². The number of thiophene rings is 5. The Kier molecular flexibility index (Phi) is 32.8. The van der Waals surface area contributed by atoms with E-state index in [1.807, 2.05) is 141 Å². The van der Waals surface area contributed by atoms with Crippen molar-refractivity contribution < 1.29 is 4.39 Å². The minimum Gasteiger partial charge on any atom is -0.383 e. The first-order valence-corrected chi connectivity index (χ1v) is 50.9. The van der Waals surface area contributed by atoms with Gasteiger partial charge in [-0.2, -0.15) is 0 Å². The van der Waals surface area contributed by atoms with Crippen LogP contribution in [0.5, 0.6) is 0 Å². The largest absolute Gasteiger partial charge is 0.383 e. The molecule has 7 aliphatic heterocycles. The zero-order chi connectivity index (χ0) is 82.4. The summed E-state index contributed by atoms with van der Waals surface area (Å²) in [5, 5.41) is 45.2. The molecule has 5 aromatic carbocycles. The van der Waals surface area contributed by atoms with Gasteiger partial charge in [0.15, 0.2) is 0 Å². The molecule has 0 spiro atoms. The number of likely N-dealkylation sites (N-methyl/N-ethyl adjacent to an activating group) is 2. The van der Waals surface area contributed by atoms with Crippen LogP contribution in [0, 0.1) is 22.0 Å². The molecule has 1 aliphatic carbocycles. The third-order valence-corrected chi connectivity index (χ3v) is 32.1. The van der Waals surface area contributed by atoms with Gasteiger partial charge in [-0.1, -0.05) is 74.9 Å². The molecule has 0 unspecified atom stereocenters. The highest BCUT2D eigenvalue weighted by Crippen LogP contribution is 2.45. The lowest BCUT2D eigenvalue weighted by atomic mass is 10.0. The molecule has 5 aromatic heterocycles. The third-order valence-electron chi connectivity index (χ3n) is 22.2. The first kappa shape index (κ1) is 88.1. The van der Waals surface area contributed by atoms with Crippen LogP contribution in [0.1, 0.15) is 99.4 Å². The molecular formula is C92H111FN16S10. The van der Waals surface area contributed by atoms with Gasteiger partial charge >= 0.3 is 0 Å². The number of benzene rings is 5. The lowest BCUT2D eigenvalue weighted by Crippen LogP contribution is -2.45. The number of nitrogens with one attached hydrogen (secondary N) is 6. The van der Waals surface area contributed by atoms with Crippen molar-refractivity contribution in [1.29, 1.82) is 16.2 Å². The van der Waals surface area contributed by atoms with E-state index in [4.69, 9.17) is 27.7 Å². The van der Waals surface area contributed by atoms with E-state index in [1.165, 1.54) is 127 Å². The SMILES string of the molecule is C=C1CSc2cc(CC(=N)c3cccs3)ccc2N1CCN(C)C.CCNCCN1CCSc2cc(CC(=N)c3cccs3)ccc21.N=C(Cc1ccc2c(c1)SCCN2C1CCCC1)c1cccs1.NC(=Nc1cc2c(cc1F)SCCN2C1CCNCC1)c1cccs1.NC(=Nc1ccc2c(c1)N(C1CCNCC1)CCS2)c1cccs1. The van der Waals surface area contributed by atoms with Gasteiger partial charge in [0.2, 0.25) is 0 Å².